The van der Waals surface area contributed by atoms with Crippen LogP contribution < -0.4 is 10.6 Å². The van der Waals surface area contributed by atoms with Crippen molar-refractivity contribution >= 4 is 42.1 Å². The number of halogens is 2. The minimum atomic E-state index is 0. The van der Waals surface area contributed by atoms with Crippen LogP contribution in [0.15, 0.2) is 16.8 Å². The first kappa shape index (κ1) is 23.7. The molecule has 2 bridgehead atoms. The summed E-state index contributed by atoms with van der Waals surface area (Å²) in [7, 11) is 0. The van der Waals surface area contributed by atoms with Gasteiger partial charge in [0.2, 0.25) is 5.91 Å². The molecular weight excluding hydrogens is 389 g/mol. The molecule has 150 valence electrons. The lowest BCUT2D eigenvalue weighted by Gasteiger charge is -2.31. The summed E-state index contributed by atoms with van der Waals surface area (Å²) in [6, 6.07) is 3.80. The third-order valence-electron chi connectivity index (χ3n) is 5.72. The Bertz CT molecular complexity index is 513. The monoisotopic (exact) mass is 421 g/mol. The number of thiophene rings is 1. The molecule has 2 saturated heterocycles. The van der Waals surface area contributed by atoms with Crippen molar-refractivity contribution in [1.29, 1.82) is 0 Å². The number of carbonyl (C=O) groups excluding carboxylic acids is 1. The highest BCUT2D eigenvalue weighted by molar-refractivity contribution is 7.07. The Hall–Kier alpha value is -0.330. The molecule has 3 atom stereocenters. The number of nitrogens with one attached hydrogen (secondary N) is 2. The number of hydrogen-bond acceptors (Lipinski definition) is 4. The van der Waals surface area contributed by atoms with Crippen LogP contribution in [0.5, 0.6) is 0 Å². The van der Waals surface area contributed by atoms with Crippen molar-refractivity contribution in [3.63, 3.8) is 0 Å². The van der Waals surface area contributed by atoms with Crippen LogP contribution in [0, 0.1) is 5.92 Å². The maximum Gasteiger partial charge on any atom is 0.220 e. The van der Waals surface area contributed by atoms with E-state index in [0.717, 1.165) is 19.6 Å². The molecule has 3 rings (SSSR count). The summed E-state index contributed by atoms with van der Waals surface area (Å²) in [5.74, 6) is 0.797. The molecule has 0 saturated carbocycles. The van der Waals surface area contributed by atoms with E-state index in [0.29, 0.717) is 30.5 Å². The van der Waals surface area contributed by atoms with Crippen LogP contribution >= 0.6 is 36.2 Å². The third-order valence-corrected chi connectivity index (χ3v) is 6.42. The van der Waals surface area contributed by atoms with Crippen LogP contribution in [0.3, 0.4) is 0 Å². The second-order valence-electron chi connectivity index (χ2n) is 7.28. The van der Waals surface area contributed by atoms with E-state index in [1.165, 1.54) is 31.2 Å². The van der Waals surface area contributed by atoms with Crippen molar-refractivity contribution in [2.75, 3.05) is 19.6 Å². The van der Waals surface area contributed by atoms with Crippen LogP contribution in [-0.2, 0) is 4.79 Å². The van der Waals surface area contributed by atoms with E-state index in [4.69, 9.17) is 0 Å². The Labute approximate surface area is 174 Å². The number of amides is 1. The normalized spacial score (nSPS) is 25.3. The fourth-order valence-corrected chi connectivity index (χ4v) is 5.18. The van der Waals surface area contributed by atoms with E-state index in [1.807, 2.05) is 0 Å². The maximum absolute atomic E-state index is 12.5. The first-order valence-corrected chi connectivity index (χ1v) is 10.4. The van der Waals surface area contributed by atoms with Crippen LogP contribution in [0.25, 0.3) is 0 Å². The van der Waals surface area contributed by atoms with E-state index in [1.54, 1.807) is 11.3 Å². The highest BCUT2D eigenvalue weighted by atomic mass is 35.5. The van der Waals surface area contributed by atoms with Gasteiger partial charge >= 0.3 is 0 Å². The van der Waals surface area contributed by atoms with Crippen molar-refractivity contribution in [2.24, 2.45) is 5.92 Å². The maximum atomic E-state index is 12.5. The van der Waals surface area contributed by atoms with Crippen molar-refractivity contribution < 1.29 is 4.79 Å². The number of nitrogens with zero attached hydrogens (tertiary/aromatic N) is 1. The molecule has 1 aromatic rings. The quantitative estimate of drug-likeness (QED) is 0.665. The second kappa shape index (κ2) is 11.5. The van der Waals surface area contributed by atoms with E-state index in [9.17, 15) is 4.79 Å². The zero-order chi connectivity index (χ0) is 16.9. The molecule has 0 aliphatic carbocycles. The molecule has 2 aliphatic heterocycles. The Morgan fingerprint density at radius 3 is 2.46 bits per heavy atom. The van der Waals surface area contributed by atoms with Crippen molar-refractivity contribution in [2.45, 2.75) is 64.1 Å². The molecule has 2 N–H and O–H groups in total. The summed E-state index contributed by atoms with van der Waals surface area (Å²) in [4.78, 5) is 14.9. The number of carbonyl (C=O) groups is 1. The number of rotatable bonds is 8. The molecule has 0 spiro atoms. The fraction of sp³-hybridized carbons (Fsp3) is 0.737. The van der Waals surface area contributed by atoms with Crippen molar-refractivity contribution in [3.05, 3.63) is 22.4 Å². The van der Waals surface area contributed by atoms with Gasteiger partial charge in [-0.05, 0) is 67.1 Å². The molecule has 3 heterocycles. The molecule has 2 aliphatic rings. The van der Waals surface area contributed by atoms with Crippen LogP contribution in [-0.4, -0.2) is 42.5 Å². The van der Waals surface area contributed by atoms with E-state index in [2.05, 4.69) is 46.2 Å². The van der Waals surface area contributed by atoms with Crippen LogP contribution in [0.2, 0.25) is 0 Å². The topological polar surface area (TPSA) is 44.4 Å². The minimum absolute atomic E-state index is 0. The number of piperidine rings is 1. The summed E-state index contributed by atoms with van der Waals surface area (Å²) >= 11 is 1.73. The van der Waals surface area contributed by atoms with E-state index < -0.39 is 0 Å². The highest BCUT2D eigenvalue weighted by Gasteiger charge is 2.34. The van der Waals surface area contributed by atoms with Crippen molar-refractivity contribution in [3.8, 4) is 0 Å². The van der Waals surface area contributed by atoms with Gasteiger partial charge in [0.15, 0.2) is 0 Å². The Morgan fingerprint density at radius 1 is 1.27 bits per heavy atom. The van der Waals surface area contributed by atoms with Gasteiger partial charge in [-0.1, -0.05) is 13.8 Å². The van der Waals surface area contributed by atoms with Crippen LogP contribution in [0.1, 0.15) is 57.6 Å². The SMILES string of the molecule is CCN(CC)C(CNC(=O)CC1CC2CCC(C1)N2)c1ccsc1.Cl.Cl. The Balaban J connectivity index is 0.00000169. The molecule has 2 fully saturated rings. The standard InChI is InChI=1S/C19H31N3OS.2ClH/c1-3-22(4-2)18(15-7-8-24-13-15)12-20-19(23)11-14-9-16-5-6-17(10-14)21-16;;/h7-8,13-14,16-18,21H,3-6,9-12H2,1-2H3,(H,20,23);2*1H. The number of likely N-dealkylation sites (N-methyl/N-ethyl adjacent to an activating group) is 1. The molecule has 1 aromatic heterocycles. The van der Waals surface area contributed by atoms with Gasteiger partial charge in [0.1, 0.15) is 0 Å². The van der Waals surface area contributed by atoms with Gasteiger partial charge in [0, 0.05) is 25.0 Å². The molecule has 7 heteroatoms. The molecule has 26 heavy (non-hydrogen) atoms. The largest absolute Gasteiger partial charge is 0.354 e. The number of fused-ring (bicyclic) bond motifs is 2. The van der Waals surface area contributed by atoms with Gasteiger partial charge in [0.25, 0.3) is 0 Å². The van der Waals surface area contributed by atoms with Gasteiger partial charge in [-0.3, -0.25) is 9.69 Å². The summed E-state index contributed by atoms with van der Waals surface area (Å²) in [6.07, 6.45) is 5.64. The lowest BCUT2D eigenvalue weighted by atomic mass is 9.89. The highest BCUT2D eigenvalue weighted by Crippen LogP contribution is 2.32. The van der Waals surface area contributed by atoms with Crippen LogP contribution in [0.4, 0.5) is 0 Å². The van der Waals surface area contributed by atoms with Gasteiger partial charge in [-0.25, -0.2) is 0 Å². The molecular formula is C19H33Cl2N3OS. The fourth-order valence-electron chi connectivity index (χ4n) is 4.47. The predicted molar refractivity (Wildman–Crippen MR) is 115 cm³/mol. The number of hydrogen-bond donors (Lipinski definition) is 2. The lowest BCUT2D eigenvalue weighted by Crippen LogP contribution is -2.41. The van der Waals surface area contributed by atoms with Crippen molar-refractivity contribution in [1.82, 2.24) is 15.5 Å². The van der Waals surface area contributed by atoms with Gasteiger partial charge in [0.05, 0.1) is 6.04 Å². The molecule has 4 nitrogen and oxygen atoms in total. The summed E-state index contributed by atoms with van der Waals surface area (Å²) < 4.78 is 0. The van der Waals surface area contributed by atoms with Gasteiger partial charge < -0.3 is 10.6 Å². The van der Waals surface area contributed by atoms with E-state index >= 15 is 0 Å². The molecule has 3 unspecified atom stereocenters. The predicted octanol–water partition coefficient (Wildman–Crippen LogP) is 4.01. The van der Waals surface area contributed by atoms with Gasteiger partial charge in [-0.15, -0.1) is 24.8 Å². The Kier molecular flexibility index (Phi) is 10.5. The zero-order valence-corrected chi connectivity index (χ0v) is 18.2. The molecule has 0 radical (unpaired) electrons. The lowest BCUT2D eigenvalue weighted by molar-refractivity contribution is -0.122. The summed E-state index contributed by atoms with van der Waals surface area (Å²) in [5.41, 5.74) is 1.32. The first-order chi connectivity index (χ1) is 11.7. The van der Waals surface area contributed by atoms with Gasteiger partial charge in [-0.2, -0.15) is 11.3 Å². The molecule has 1 amide bonds. The smallest absolute Gasteiger partial charge is 0.220 e. The summed E-state index contributed by atoms with van der Waals surface area (Å²) in [5, 5.41) is 11.2. The third kappa shape index (κ3) is 6.10. The zero-order valence-electron chi connectivity index (χ0n) is 15.8. The van der Waals surface area contributed by atoms with E-state index in [-0.39, 0.29) is 30.7 Å². The summed E-state index contributed by atoms with van der Waals surface area (Å²) in [6.45, 7) is 7.11. The second-order valence-corrected chi connectivity index (χ2v) is 8.06. The minimum Gasteiger partial charge on any atom is -0.354 e. The average molecular weight is 422 g/mol. The average Bonchev–Trinajstić information content (AvgIpc) is 3.21. The molecule has 0 aromatic carbocycles. The first-order valence-electron chi connectivity index (χ1n) is 9.48. The Morgan fingerprint density at radius 2 is 1.92 bits per heavy atom.